The first-order valence-electron chi connectivity index (χ1n) is 6.76. The number of ether oxygens (including phenoxy) is 1. The lowest BCUT2D eigenvalue weighted by Crippen LogP contribution is -2.31. The molecule has 0 radical (unpaired) electrons. The molecule has 1 aromatic rings. The smallest absolute Gasteiger partial charge is 0.312 e. The normalized spacial score (nSPS) is 15.2. The van der Waals surface area contributed by atoms with Gasteiger partial charge in [-0.2, -0.15) is 0 Å². The molecule has 2 N–H and O–H groups in total. The van der Waals surface area contributed by atoms with Crippen molar-refractivity contribution in [1.29, 1.82) is 0 Å². The number of hydrogen-bond donors (Lipinski definition) is 2. The van der Waals surface area contributed by atoms with E-state index in [0.29, 0.717) is 23.4 Å². The Bertz CT molecular complexity index is 498. The quantitative estimate of drug-likeness (QED) is 0.812. The number of rotatable bonds is 7. The molecule has 20 heavy (non-hydrogen) atoms. The second kappa shape index (κ2) is 6.02. The van der Waals surface area contributed by atoms with E-state index in [9.17, 15) is 4.79 Å². The lowest BCUT2D eigenvalue weighted by molar-refractivity contribution is -0.148. The predicted molar refractivity (Wildman–Crippen MR) is 78.2 cm³/mol. The van der Waals surface area contributed by atoms with Crippen LogP contribution in [-0.2, 0) is 11.3 Å². The van der Waals surface area contributed by atoms with E-state index in [-0.39, 0.29) is 6.61 Å². The van der Waals surface area contributed by atoms with Gasteiger partial charge in [-0.05, 0) is 44.9 Å². The largest absolute Gasteiger partial charge is 0.492 e. The molecule has 0 saturated heterocycles. The second-order valence-electron chi connectivity index (χ2n) is 5.88. The van der Waals surface area contributed by atoms with E-state index in [0.717, 1.165) is 5.56 Å². The Kier molecular flexibility index (Phi) is 4.55. The summed E-state index contributed by atoms with van der Waals surface area (Å²) in [6.45, 7) is 4.11. The maximum Gasteiger partial charge on any atom is 0.312 e. The van der Waals surface area contributed by atoms with Crippen LogP contribution in [0, 0.1) is 5.41 Å². The SMILES string of the molecule is CC(C)(COc1ccc(Cl)cc1CNC1CC1)C(=O)O. The highest BCUT2D eigenvalue weighted by atomic mass is 35.5. The van der Waals surface area contributed by atoms with Crippen molar-refractivity contribution in [3.8, 4) is 5.75 Å². The highest BCUT2D eigenvalue weighted by Crippen LogP contribution is 2.27. The summed E-state index contributed by atoms with van der Waals surface area (Å²) in [7, 11) is 0. The number of carboxylic acid groups (broad SMARTS) is 1. The molecule has 4 nitrogen and oxygen atoms in total. The standard InChI is InChI=1S/C15H20ClNO3/c1-15(2,14(18)19)9-20-13-6-3-11(16)7-10(13)8-17-12-4-5-12/h3,6-7,12,17H,4-5,8-9H2,1-2H3,(H,18,19). The van der Waals surface area contributed by atoms with E-state index < -0.39 is 11.4 Å². The molecule has 0 amide bonds. The van der Waals surface area contributed by atoms with Crippen LogP contribution in [0.2, 0.25) is 5.02 Å². The third-order valence-electron chi connectivity index (χ3n) is 3.35. The first-order valence-corrected chi connectivity index (χ1v) is 7.14. The van der Waals surface area contributed by atoms with Gasteiger partial charge in [0, 0.05) is 23.2 Å². The maximum atomic E-state index is 11.1. The van der Waals surface area contributed by atoms with Gasteiger partial charge >= 0.3 is 5.97 Å². The molecular weight excluding hydrogens is 278 g/mol. The Hall–Kier alpha value is -1.26. The third kappa shape index (κ3) is 4.12. The minimum absolute atomic E-state index is 0.125. The van der Waals surface area contributed by atoms with Crippen molar-refractivity contribution >= 4 is 17.6 Å². The van der Waals surface area contributed by atoms with Crippen LogP contribution in [0.3, 0.4) is 0 Å². The van der Waals surface area contributed by atoms with Crippen LogP contribution in [0.25, 0.3) is 0 Å². The number of nitrogens with one attached hydrogen (secondary N) is 1. The molecule has 0 aliphatic heterocycles. The van der Waals surface area contributed by atoms with Gasteiger partial charge in [-0.1, -0.05) is 11.6 Å². The maximum absolute atomic E-state index is 11.1. The molecular formula is C15H20ClNO3. The van der Waals surface area contributed by atoms with Gasteiger partial charge in [-0.15, -0.1) is 0 Å². The molecule has 1 aliphatic carbocycles. The second-order valence-corrected chi connectivity index (χ2v) is 6.32. The Balaban J connectivity index is 2.03. The van der Waals surface area contributed by atoms with Crippen LogP contribution in [0.4, 0.5) is 0 Å². The zero-order chi connectivity index (χ0) is 14.8. The molecule has 1 saturated carbocycles. The Morgan fingerprint density at radius 2 is 2.20 bits per heavy atom. The Labute approximate surface area is 124 Å². The summed E-state index contributed by atoms with van der Waals surface area (Å²) in [6.07, 6.45) is 2.42. The fourth-order valence-corrected chi connectivity index (χ4v) is 1.88. The van der Waals surface area contributed by atoms with Crippen LogP contribution in [0.1, 0.15) is 32.3 Å². The molecule has 0 aromatic heterocycles. The summed E-state index contributed by atoms with van der Waals surface area (Å²) < 4.78 is 5.69. The van der Waals surface area contributed by atoms with E-state index >= 15 is 0 Å². The Morgan fingerprint density at radius 3 is 2.80 bits per heavy atom. The fraction of sp³-hybridized carbons (Fsp3) is 0.533. The van der Waals surface area contributed by atoms with Crippen LogP contribution in [0.15, 0.2) is 18.2 Å². The zero-order valence-electron chi connectivity index (χ0n) is 11.8. The van der Waals surface area contributed by atoms with E-state index in [1.54, 1.807) is 26.0 Å². The van der Waals surface area contributed by atoms with Gasteiger partial charge in [0.2, 0.25) is 0 Å². The van der Waals surface area contributed by atoms with E-state index in [1.807, 2.05) is 6.07 Å². The molecule has 0 atom stereocenters. The number of benzene rings is 1. The molecule has 0 spiro atoms. The number of halogens is 1. The summed E-state index contributed by atoms with van der Waals surface area (Å²) in [5.74, 6) is -0.180. The average molecular weight is 298 g/mol. The molecule has 1 aromatic carbocycles. The van der Waals surface area contributed by atoms with Gasteiger partial charge in [0.1, 0.15) is 12.4 Å². The summed E-state index contributed by atoms with van der Waals surface area (Å²) >= 11 is 6.01. The van der Waals surface area contributed by atoms with E-state index in [4.69, 9.17) is 21.4 Å². The zero-order valence-corrected chi connectivity index (χ0v) is 12.5. The van der Waals surface area contributed by atoms with E-state index in [2.05, 4.69) is 5.32 Å². The van der Waals surface area contributed by atoms with Crippen LogP contribution >= 0.6 is 11.6 Å². The van der Waals surface area contributed by atoms with Crippen molar-refractivity contribution in [3.63, 3.8) is 0 Å². The molecule has 0 heterocycles. The number of carboxylic acids is 1. The number of carbonyl (C=O) groups is 1. The summed E-state index contributed by atoms with van der Waals surface area (Å²) in [5, 5.41) is 13.2. The van der Waals surface area contributed by atoms with Crippen molar-refractivity contribution in [3.05, 3.63) is 28.8 Å². The molecule has 0 bridgehead atoms. The molecule has 1 fully saturated rings. The highest BCUT2D eigenvalue weighted by molar-refractivity contribution is 6.30. The van der Waals surface area contributed by atoms with Gasteiger partial charge in [-0.3, -0.25) is 4.79 Å². The Morgan fingerprint density at radius 1 is 1.50 bits per heavy atom. The predicted octanol–water partition coefficient (Wildman–Crippen LogP) is 3.08. The monoisotopic (exact) mass is 297 g/mol. The third-order valence-corrected chi connectivity index (χ3v) is 3.58. The van der Waals surface area contributed by atoms with Gasteiger partial charge < -0.3 is 15.2 Å². The molecule has 2 rings (SSSR count). The highest BCUT2D eigenvalue weighted by Gasteiger charge is 2.28. The minimum atomic E-state index is -0.916. The summed E-state index contributed by atoms with van der Waals surface area (Å²) in [6, 6.07) is 6.01. The van der Waals surface area contributed by atoms with Crippen LogP contribution in [-0.4, -0.2) is 23.7 Å². The van der Waals surface area contributed by atoms with Crippen molar-refractivity contribution in [2.24, 2.45) is 5.41 Å². The van der Waals surface area contributed by atoms with Crippen molar-refractivity contribution in [2.75, 3.05) is 6.61 Å². The molecule has 110 valence electrons. The van der Waals surface area contributed by atoms with Gasteiger partial charge in [0.05, 0.1) is 5.41 Å². The fourth-order valence-electron chi connectivity index (χ4n) is 1.69. The van der Waals surface area contributed by atoms with Gasteiger partial charge in [-0.25, -0.2) is 0 Å². The van der Waals surface area contributed by atoms with Gasteiger partial charge in [0.25, 0.3) is 0 Å². The van der Waals surface area contributed by atoms with E-state index in [1.165, 1.54) is 12.8 Å². The van der Waals surface area contributed by atoms with Crippen molar-refractivity contribution in [2.45, 2.75) is 39.3 Å². The molecule has 5 heteroatoms. The van der Waals surface area contributed by atoms with Gasteiger partial charge in [0.15, 0.2) is 0 Å². The number of aliphatic carboxylic acids is 1. The molecule has 0 unspecified atom stereocenters. The van der Waals surface area contributed by atoms with Crippen LogP contribution in [0.5, 0.6) is 5.75 Å². The average Bonchev–Trinajstić information content (AvgIpc) is 3.19. The lowest BCUT2D eigenvalue weighted by atomic mass is 9.95. The summed E-state index contributed by atoms with van der Waals surface area (Å²) in [5.41, 5.74) is 0.0477. The number of hydrogen-bond acceptors (Lipinski definition) is 3. The van der Waals surface area contributed by atoms with Crippen LogP contribution < -0.4 is 10.1 Å². The minimum Gasteiger partial charge on any atom is -0.492 e. The first-order chi connectivity index (χ1) is 9.38. The summed E-state index contributed by atoms with van der Waals surface area (Å²) in [4.78, 5) is 11.1. The van der Waals surface area contributed by atoms with Crippen molar-refractivity contribution < 1.29 is 14.6 Å². The topological polar surface area (TPSA) is 58.6 Å². The first kappa shape index (κ1) is 15.1. The molecule has 1 aliphatic rings. The van der Waals surface area contributed by atoms with Crippen molar-refractivity contribution in [1.82, 2.24) is 5.32 Å². The lowest BCUT2D eigenvalue weighted by Gasteiger charge is -2.21.